The second kappa shape index (κ2) is 15.1. The second-order valence-corrected chi connectivity index (χ2v) is 14.4. The lowest BCUT2D eigenvalue weighted by molar-refractivity contribution is -0.115. The van der Waals surface area contributed by atoms with Crippen molar-refractivity contribution in [1.82, 2.24) is 10.2 Å². The van der Waals surface area contributed by atoms with Crippen molar-refractivity contribution in [3.05, 3.63) is 59.7 Å². The van der Waals surface area contributed by atoms with E-state index in [1.807, 2.05) is 12.1 Å². The number of piperidine rings is 1. The average molecular weight is 596 g/mol. The summed E-state index contributed by atoms with van der Waals surface area (Å²) in [6.07, 6.45) is 14.1. The molecule has 1 aliphatic carbocycles. The molecule has 0 aromatic heterocycles. The first kappa shape index (κ1) is 32.2. The molecule has 4 rings (SSSR count). The van der Waals surface area contributed by atoms with Gasteiger partial charge in [0.2, 0.25) is 5.91 Å². The summed E-state index contributed by atoms with van der Waals surface area (Å²) < 4.78 is 24.1. The van der Waals surface area contributed by atoms with E-state index in [1.54, 1.807) is 43.3 Å². The number of likely N-dealkylation sites (N-methyl/N-ethyl adjacent to an activating group) is 1. The van der Waals surface area contributed by atoms with Gasteiger partial charge in [0.25, 0.3) is 5.91 Å². The van der Waals surface area contributed by atoms with Crippen LogP contribution >= 0.6 is 0 Å². The zero-order valence-electron chi connectivity index (χ0n) is 25.5. The van der Waals surface area contributed by atoms with Gasteiger partial charge in [0, 0.05) is 24.3 Å². The van der Waals surface area contributed by atoms with Crippen molar-refractivity contribution in [1.29, 1.82) is 0 Å². The van der Waals surface area contributed by atoms with Crippen LogP contribution in [0.25, 0.3) is 0 Å². The molecule has 2 aromatic rings. The average Bonchev–Trinajstić information content (AvgIpc) is 3.05. The fourth-order valence-electron chi connectivity index (χ4n) is 6.86. The minimum atomic E-state index is -3.27. The Morgan fingerprint density at radius 1 is 0.857 bits per heavy atom. The highest BCUT2D eigenvalue weighted by atomic mass is 32.2. The zero-order chi connectivity index (χ0) is 30.0. The van der Waals surface area contributed by atoms with Crippen LogP contribution in [-0.4, -0.2) is 56.6 Å². The van der Waals surface area contributed by atoms with Gasteiger partial charge in [0.05, 0.1) is 23.1 Å². The maximum atomic E-state index is 13.9. The van der Waals surface area contributed by atoms with Gasteiger partial charge in [-0.2, -0.15) is 0 Å². The molecule has 1 saturated carbocycles. The molecule has 42 heavy (non-hydrogen) atoms. The number of anilines is 1. The molecule has 0 radical (unpaired) electrons. The minimum absolute atomic E-state index is 0.0414. The Kier molecular flexibility index (Phi) is 11.6. The molecule has 1 saturated heterocycles. The molecule has 2 aliphatic rings. The van der Waals surface area contributed by atoms with Crippen LogP contribution in [0.2, 0.25) is 0 Å². The van der Waals surface area contributed by atoms with Gasteiger partial charge in [-0.3, -0.25) is 9.59 Å². The second-order valence-electron chi connectivity index (χ2n) is 12.1. The first-order valence-electron chi connectivity index (χ1n) is 16.0. The fourth-order valence-corrected chi connectivity index (χ4v) is 7.75. The standard InChI is InChI=1S/C34H49N3O4S/c1-3-37(31-26-35-24-23-34(31)21-11-9-7-5-6-8-10-12-22-34)33(39)28-15-17-29(18-16-28)36-32(38)25-27-13-19-30(20-14-27)42(40,41)4-2/h13-20,31,35H,3-12,21-26H2,1-2H3,(H,36,38). The summed E-state index contributed by atoms with van der Waals surface area (Å²) in [6, 6.07) is 13.8. The van der Waals surface area contributed by atoms with Crippen LogP contribution in [-0.2, 0) is 21.1 Å². The first-order valence-corrected chi connectivity index (χ1v) is 17.7. The van der Waals surface area contributed by atoms with Gasteiger partial charge in [0.15, 0.2) is 9.84 Å². The number of nitrogens with one attached hydrogen (secondary N) is 2. The third-order valence-electron chi connectivity index (χ3n) is 9.36. The number of hydrogen-bond acceptors (Lipinski definition) is 5. The third-order valence-corrected chi connectivity index (χ3v) is 11.1. The van der Waals surface area contributed by atoms with E-state index < -0.39 is 9.84 Å². The Morgan fingerprint density at radius 3 is 2.02 bits per heavy atom. The van der Waals surface area contributed by atoms with E-state index in [2.05, 4.69) is 22.5 Å². The molecule has 2 N–H and O–H groups in total. The number of amides is 2. The molecule has 8 heteroatoms. The van der Waals surface area contributed by atoms with E-state index in [0.29, 0.717) is 17.8 Å². The summed E-state index contributed by atoms with van der Waals surface area (Å²) >= 11 is 0. The number of rotatable bonds is 8. The van der Waals surface area contributed by atoms with E-state index in [0.717, 1.165) is 25.1 Å². The quantitative estimate of drug-likeness (QED) is 0.369. The predicted octanol–water partition coefficient (Wildman–Crippen LogP) is 6.39. The third kappa shape index (κ3) is 8.22. The topological polar surface area (TPSA) is 95.6 Å². The lowest BCUT2D eigenvalue weighted by Gasteiger charge is -2.50. The van der Waals surface area contributed by atoms with Gasteiger partial charge in [-0.25, -0.2) is 8.42 Å². The van der Waals surface area contributed by atoms with E-state index >= 15 is 0 Å². The Balaban J connectivity index is 1.41. The van der Waals surface area contributed by atoms with Gasteiger partial charge in [-0.1, -0.05) is 70.4 Å². The summed E-state index contributed by atoms with van der Waals surface area (Å²) in [5.41, 5.74) is 2.18. The van der Waals surface area contributed by atoms with E-state index in [-0.39, 0.29) is 40.3 Å². The molecule has 2 aromatic carbocycles. The molecule has 1 spiro atoms. The van der Waals surface area contributed by atoms with Crippen LogP contribution in [0.1, 0.15) is 100 Å². The van der Waals surface area contributed by atoms with Gasteiger partial charge >= 0.3 is 0 Å². The molecule has 2 amide bonds. The lowest BCUT2D eigenvalue weighted by atomic mass is 9.67. The first-order chi connectivity index (χ1) is 20.3. The van der Waals surface area contributed by atoms with Crippen LogP contribution in [0.5, 0.6) is 0 Å². The van der Waals surface area contributed by atoms with Crippen LogP contribution in [0, 0.1) is 5.41 Å². The summed E-state index contributed by atoms with van der Waals surface area (Å²) in [5, 5.41) is 6.50. The predicted molar refractivity (Wildman–Crippen MR) is 170 cm³/mol. The summed E-state index contributed by atoms with van der Waals surface area (Å²) in [7, 11) is -3.27. The van der Waals surface area contributed by atoms with E-state index in [9.17, 15) is 18.0 Å². The maximum absolute atomic E-state index is 13.9. The molecule has 1 unspecified atom stereocenters. The van der Waals surface area contributed by atoms with Crippen LogP contribution < -0.4 is 10.6 Å². The van der Waals surface area contributed by atoms with Crippen LogP contribution in [0.15, 0.2) is 53.4 Å². The molecule has 230 valence electrons. The molecule has 1 heterocycles. The summed E-state index contributed by atoms with van der Waals surface area (Å²) in [6.45, 7) is 6.24. The number of nitrogens with zero attached hydrogens (tertiary/aromatic N) is 1. The van der Waals surface area contributed by atoms with Crippen molar-refractivity contribution in [2.45, 2.75) is 102 Å². The van der Waals surface area contributed by atoms with Crippen LogP contribution in [0.4, 0.5) is 5.69 Å². The van der Waals surface area contributed by atoms with Crippen molar-refractivity contribution >= 4 is 27.3 Å². The van der Waals surface area contributed by atoms with Gasteiger partial charge in [-0.15, -0.1) is 0 Å². The smallest absolute Gasteiger partial charge is 0.254 e. The zero-order valence-corrected chi connectivity index (χ0v) is 26.3. The highest BCUT2D eigenvalue weighted by Gasteiger charge is 2.44. The van der Waals surface area contributed by atoms with Crippen molar-refractivity contribution < 1.29 is 18.0 Å². The maximum Gasteiger partial charge on any atom is 0.254 e. The van der Waals surface area contributed by atoms with Crippen molar-refractivity contribution in [2.24, 2.45) is 5.41 Å². The Hall–Kier alpha value is -2.71. The summed E-state index contributed by atoms with van der Waals surface area (Å²) in [5.74, 6) is -0.1000. The largest absolute Gasteiger partial charge is 0.334 e. The number of carbonyl (C=O) groups excluding carboxylic acids is 2. The Labute approximate surface area is 252 Å². The highest BCUT2D eigenvalue weighted by molar-refractivity contribution is 7.91. The molecule has 7 nitrogen and oxygen atoms in total. The summed E-state index contributed by atoms with van der Waals surface area (Å²) in [4.78, 5) is 28.9. The SMILES string of the molecule is CCN(C(=O)c1ccc(NC(=O)Cc2ccc(S(=O)(=O)CC)cc2)cc1)C1CNCCC12CCCCCCCCCC2. The number of sulfone groups is 1. The monoisotopic (exact) mass is 595 g/mol. The fraction of sp³-hybridized carbons (Fsp3) is 0.588. The molecule has 0 bridgehead atoms. The number of carbonyl (C=O) groups is 2. The van der Waals surface area contributed by atoms with Crippen LogP contribution in [0.3, 0.4) is 0 Å². The molecule has 1 aliphatic heterocycles. The lowest BCUT2D eigenvalue weighted by Crippen LogP contribution is -2.59. The van der Waals surface area contributed by atoms with Gasteiger partial charge in [0.1, 0.15) is 0 Å². The molecular weight excluding hydrogens is 546 g/mol. The Morgan fingerprint density at radius 2 is 1.45 bits per heavy atom. The van der Waals surface area contributed by atoms with Gasteiger partial charge in [-0.05, 0) is 80.1 Å². The number of benzene rings is 2. The highest BCUT2D eigenvalue weighted by Crippen LogP contribution is 2.43. The van der Waals surface area contributed by atoms with Crippen molar-refractivity contribution in [3.63, 3.8) is 0 Å². The van der Waals surface area contributed by atoms with Crippen molar-refractivity contribution in [3.8, 4) is 0 Å². The molecule has 2 fully saturated rings. The normalized spacial score (nSPS) is 19.9. The van der Waals surface area contributed by atoms with E-state index in [4.69, 9.17) is 0 Å². The molecule has 1 atom stereocenters. The Bertz CT molecular complexity index is 1260. The van der Waals surface area contributed by atoms with E-state index in [1.165, 1.54) is 64.2 Å². The molecular formula is C34H49N3O4S. The minimum Gasteiger partial charge on any atom is -0.334 e. The number of hydrogen-bond donors (Lipinski definition) is 2. The van der Waals surface area contributed by atoms with Gasteiger partial charge < -0.3 is 15.5 Å². The van der Waals surface area contributed by atoms with Crippen molar-refractivity contribution in [2.75, 3.05) is 30.7 Å².